The van der Waals surface area contributed by atoms with Crippen LogP contribution in [0.15, 0.2) is 85.4 Å². The van der Waals surface area contributed by atoms with Gasteiger partial charge in [0.1, 0.15) is 11.5 Å². The summed E-state index contributed by atoms with van der Waals surface area (Å²) in [7, 11) is -1.43. The molecular formula is C32H35F5O3S. The Labute approximate surface area is 240 Å². The number of allylic oxidation sites excluding steroid dienone is 1. The second-order valence-corrected chi connectivity index (χ2v) is 11.6. The second kappa shape index (κ2) is 15.1. The maximum atomic E-state index is 12.9. The van der Waals surface area contributed by atoms with Crippen LogP contribution in [0.4, 0.5) is 22.0 Å². The van der Waals surface area contributed by atoms with Crippen molar-refractivity contribution >= 4 is 16.4 Å². The van der Waals surface area contributed by atoms with Crippen LogP contribution in [0.5, 0.6) is 11.5 Å². The molecule has 222 valence electrons. The monoisotopic (exact) mass is 594 g/mol. The molecule has 0 fully saturated rings. The van der Waals surface area contributed by atoms with Crippen LogP contribution >= 0.6 is 0 Å². The van der Waals surface area contributed by atoms with Crippen molar-refractivity contribution in [1.29, 1.82) is 0 Å². The Balaban J connectivity index is 1.44. The number of benzene rings is 3. The van der Waals surface area contributed by atoms with Gasteiger partial charge in [0.15, 0.2) is 0 Å². The molecule has 0 heterocycles. The lowest BCUT2D eigenvalue weighted by atomic mass is 9.84. The van der Waals surface area contributed by atoms with E-state index in [9.17, 15) is 31.3 Å². The number of halogens is 5. The number of aromatic hydroxyl groups is 1. The molecule has 0 aromatic heterocycles. The van der Waals surface area contributed by atoms with E-state index in [-0.39, 0.29) is 23.2 Å². The summed E-state index contributed by atoms with van der Waals surface area (Å²) in [5, 5.41) is 9.75. The first-order chi connectivity index (χ1) is 19.5. The van der Waals surface area contributed by atoms with Crippen molar-refractivity contribution in [3.8, 4) is 11.5 Å². The highest BCUT2D eigenvalue weighted by molar-refractivity contribution is 7.84. The number of phenolic OH excluding ortho intramolecular Hbond substituents is 1. The summed E-state index contributed by atoms with van der Waals surface area (Å²) in [5.74, 6) is -3.71. The zero-order valence-corrected chi connectivity index (χ0v) is 23.5. The molecule has 0 aliphatic carbocycles. The van der Waals surface area contributed by atoms with E-state index < -0.39 is 35.7 Å². The van der Waals surface area contributed by atoms with Gasteiger partial charge in [-0.25, -0.2) is 0 Å². The van der Waals surface area contributed by atoms with Crippen molar-refractivity contribution in [1.82, 2.24) is 0 Å². The summed E-state index contributed by atoms with van der Waals surface area (Å²) in [6.07, 6.45) is -4.68. The third-order valence-corrected chi connectivity index (χ3v) is 8.26. The molecule has 0 radical (unpaired) electrons. The Morgan fingerprint density at radius 3 is 2.00 bits per heavy atom. The lowest BCUT2D eigenvalue weighted by Gasteiger charge is -2.20. The van der Waals surface area contributed by atoms with Gasteiger partial charge in [-0.3, -0.25) is 4.21 Å². The Hall–Kier alpha value is -3.20. The number of rotatable bonds is 16. The molecule has 0 amide bonds. The van der Waals surface area contributed by atoms with Gasteiger partial charge in [0.2, 0.25) is 0 Å². The first-order valence-corrected chi connectivity index (χ1v) is 15.0. The van der Waals surface area contributed by atoms with Gasteiger partial charge in [-0.05, 0) is 78.6 Å². The van der Waals surface area contributed by atoms with Gasteiger partial charge in [-0.1, -0.05) is 61.2 Å². The van der Waals surface area contributed by atoms with E-state index in [2.05, 4.69) is 6.58 Å². The van der Waals surface area contributed by atoms with Crippen molar-refractivity contribution in [2.24, 2.45) is 0 Å². The molecule has 3 aromatic rings. The molecule has 3 aromatic carbocycles. The van der Waals surface area contributed by atoms with Crippen molar-refractivity contribution in [3.63, 3.8) is 0 Å². The fourth-order valence-electron chi connectivity index (χ4n) is 4.40. The van der Waals surface area contributed by atoms with Crippen molar-refractivity contribution in [3.05, 3.63) is 102 Å². The number of ether oxygens (including phenoxy) is 1. The normalized spacial score (nSPS) is 13.5. The van der Waals surface area contributed by atoms with E-state index in [4.69, 9.17) is 4.74 Å². The maximum Gasteiger partial charge on any atom is 0.453 e. The molecule has 2 atom stereocenters. The molecule has 9 heteroatoms. The van der Waals surface area contributed by atoms with Crippen LogP contribution in [-0.4, -0.2) is 39.5 Å². The molecule has 0 aliphatic rings. The highest BCUT2D eigenvalue weighted by atomic mass is 32.2. The van der Waals surface area contributed by atoms with Gasteiger partial charge < -0.3 is 9.84 Å². The maximum absolute atomic E-state index is 12.9. The van der Waals surface area contributed by atoms with Crippen LogP contribution in [0.25, 0.3) is 5.57 Å². The molecule has 0 bridgehead atoms. The first kappa shape index (κ1) is 32.3. The van der Waals surface area contributed by atoms with Crippen LogP contribution in [0.3, 0.4) is 0 Å². The zero-order chi connectivity index (χ0) is 29.9. The summed E-state index contributed by atoms with van der Waals surface area (Å²) in [5.41, 5.74) is 4.21. The third kappa shape index (κ3) is 10.3. The molecule has 0 spiro atoms. The lowest BCUT2D eigenvalue weighted by Crippen LogP contribution is -2.36. The summed E-state index contributed by atoms with van der Waals surface area (Å²) in [6, 6.07) is 25.0. The first-order valence-electron chi connectivity index (χ1n) is 13.5. The van der Waals surface area contributed by atoms with Crippen LogP contribution in [0, 0.1) is 0 Å². The molecule has 0 saturated heterocycles. The van der Waals surface area contributed by atoms with Gasteiger partial charge in [-0.2, -0.15) is 22.0 Å². The Kier molecular flexibility index (Phi) is 11.9. The average Bonchev–Trinajstić information content (AvgIpc) is 2.94. The summed E-state index contributed by atoms with van der Waals surface area (Å²) in [6.45, 7) is 4.74. The number of hydrogen-bond acceptors (Lipinski definition) is 3. The Bertz CT molecular complexity index is 1240. The van der Waals surface area contributed by atoms with E-state index in [1.54, 1.807) is 12.1 Å². The molecule has 0 saturated carbocycles. The molecule has 2 unspecified atom stereocenters. The number of alkyl halides is 5. The van der Waals surface area contributed by atoms with Gasteiger partial charge in [0, 0.05) is 34.6 Å². The van der Waals surface area contributed by atoms with Crippen LogP contribution in [-0.2, 0) is 10.8 Å². The van der Waals surface area contributed by atoms with E-state index in [0.29, 0.717) is 38.0 Å². The predicted octanol–water partition coefficient (Wildman–Crippen LogP) is 8.90. The molecule has 3 rings (SSSR count). The number of hydrogen-bond donors (Lipinski definition) is 1. The van der Waals surface area contributed by atoms with Gasteiger partial charge in [-0.15, -0.1) is 0 Å². The van der Waals surface area contributed by atoms with Crippen LogP contribution < -0.4 is 4.74 Å². The quantitative estimate of drug-likeness (QED) is 0.133. The topological polar surface area (TPSA) is 46.5 Å². The van der Waals surface area contributed by atoms with E-state index in [1.165, 1.54) is 0 Å². The molecule has 0 aliphatic heterocycles. The second-order valence-electron chi connectivity index (χ2n) is 9.95. The number of phenols is 1. The summed E-state index contributed by atoms with van der Waals surface area (Å²) >= 11 is 0. The SMILES string of the molecule is C=C(CC(c1ccc(O)cc1)c1ccc(OCCCCCS(=O)CCCC(F)(F)C(F)(F)F)cc1)c1ccccc1. The van der Waals surface area contributed by atoms with Crippen LogP contribution in [0.2, 0.25) is 0 Å². The minimum atomic E-state index is -5.57. The van der Waals surface area contributed by atoms with Gasteiger partial charge >= 0.3 is 12.1 Å². The summed E-state index contributed by atoms with van der Waals surface area (Å²) < 4.78 is 80.2. The Morgan fingerprint density at radius 1 is 0.805 bits per heavy atom. The molecule has 3 nitrogen and oxygen atoms in total. The molecule has 41 heavy (non-hydrogen) atoms. The lowest BCUT2D eigenvalue weighted by molar-refractivity contribution is -0.284. The minimum absolute atomic E-state index is 0.0258. The fourth-order valence-corrected chi connectivity index (χ4v) is 5.60. The van der Waals surface area contributed by atoms with Crippen molar-refractivity contribution < 1.29 is 36.0 Å². The average molecular weight is 595 g/mol. The van der Waals surface area contributed by atoms with E-state index >= 15 is 0 Å². The Morgan fingerprint density at radius 2 is 1.39 bits per heavy atom. The zero-order valence-electron chi connectivity index (χ0n) is 22.7. The van der Waals surface area contributed by atoms with E-state index in [0.717, 1.165) is 22.3 Å². The molecular weight excluding hydrogens is 559 g/mol. The largest absolute Gasteiger partial charge is 0.508 e. The third-order valence-electron chi connectivity index (χ3n) is 6.77. The molecule has 1 N–H and O–H groups in total. The smallest absolute Gasteiger partial charge is 0.453 e. The van der Waals surface area contributed by atoms with Crippen molar-refractivity contribution in [2.75, 3.05) is 18.1 Å². The highest BCUT2D eigenvalue weighted by Gasteiger charge is 2.56. The minimum Gasteiger partial charge on any atom is -0.508 e. The predicted molar refractivity (Wildman–Crippen MR) is 154 cm³/mol. The van der Waals surface area contributed by atoms with Gasteiger partial charge in [0.05, 0.1) is 6.61 Å². The number of unbranched alkanes of at least 4 members (excludes halogenated alkanes) is 2. The van der Waals surface area contributed by atoms with Crippen LogP contribution in [0.1, 0.15) is 61.1 Å². The van der Waals surface area contributed by atoms with Crippen molar-refractivity contribution in [2.45, 2.75) is 56.5 Å². The fraction of sp³-hybridized carbons (Fsp3) is 0.375. The van der Waals surface area contributed by atoms with E-state index in [1.807, 2.05) is 66.7 Å². The van der Waals surface area contributed by atoms with Gasteiger partial charge in [0.25, 0.3) is 0 Å². The standard InChI is InChI=1S/C32H35F5O3S/c1-24(25-9-4-2-5-10-25)23-30(26-11-15-28(38)16-12-26)27-13-17-29(18-14-27)40-20-6-3-7-21-41(39)22-8-19-31(33,34)32(35,36)37/h2,4-5,9-18,30,38H,1,3,6-8,19-23H2. The summed E-state index contributed by atoms with van der Waals surface area (Å²) in [4.78, 5) is 0. The highest BCUT2D eigenvalue weighted by Crippen LogP contribution is 2.39.